The van der Waals surface area contributed by atoms with Crippen LogP contribution in [0.4, 0.5) is 5.00 Å². The highest BCUT2D eigenvalue weighted by atomic mass is 32.1. The Morgan fingerprint density at radius 2 is 1.92 bits per heavy atom. The lowest BCUT2D eigenvalue weighted by Gasteiger charge is -2.05. The summed E-state index contributed by atoms with van der Waals surface area (Å²) >= 11 is 2.41. The molecule has 2 heterocycles. The summed E-state index contributed by atoms with van der Waals surface area (Å²) in [5, 5.41) is 15.6. The summed E-state index contributed by atoms with van der Waals surface area (Å²) in [7, 11) is 1.51. The lowest BCUT2D eigenvalue weighted by atomic mass is 10.1. The quantitative estimate of drug-likeness (QED) is 0.202. The molecular weight excluding hydrogens is 498 g/mol. The monoisotopic (exact) mass is 525 g/mol. The van der Waals surface area contributed by atoms with Crippen LogP contribution in [-0.2, 0) is 14.2 Å². The third-order valence-corrected chi connectivity index (χ3v) is 7.42. The van der Waals surface area contributed by atoms with Crippen LogP contribution in [0.3, 0.4) is 0 Å². The van der Waals surface area contributed by atoms with E-state index in [1.54, 1.807) is 13.8 Å². The fourth-order valence-corrected chi connectivity index (χ4v) is 5.11. The molecule has 0 amide bonds. The Morgan fingerprint density at radius 1 is 1.14 bits per heavy atom. The number of hydrogen-bond donors (Lipinski definition) is 1. The zero-order valence-corrected chi connectivity index (χ0v) is 22.4. The maximum atomic E-state index is 12.7. The van der Waals surface area contributed by atoms with Crippen molar-refractivity contribution in [2.45, 2.75) is 27.7 Å². The molecule has 3 rings (SSSR count). The van der Waals surface area contributed by atoms with Crippen LogP contribution < -0.4 is 5.32 Å². The second-order valence-corrected chi connectivity index (χ2v) is 9.64. The number of aryl methyl sites for hydroxylation is 2. The van der Waals surface area contributed by atoms with Crippen LogP contribution in [0.1, 0.15) is 48.7 Å². The number of esters is 2. The zero-order chi connectivity index (χ0) is 26.2. The Bertz CT molecular complexity index is 1330. The Balaban J connectivity index is 1.90. The molecule has 0 saturated heterocycles. The Morgan fingerprint density at radius 3 is 2.58 bits per heavy atom. The van der Waals surface area contributed by atoms with Crippen LogP contribution >= 0.6 is 22.7 Å². The highest BCUT2D eigenvalue weighted by molar-refractivity contribution is 7.18. The summed E-state index contributed by atoms with van der Waals surface area (Å²) in [6.45, 7) is 7.99. The van der Waals surface area contributed by atoms with Gasteiger partial charge in [-0.3, -0.25) is 0 Å². The van der Waals surface area contributed by atoms with Crippen LogP contribution in [0.5, 0.6) is 0 Å². The van der Waals surface area contributed by atoms with E-state index >= 15 is 0 Å². The van der Waals surface area contributed by atoms with E-state index in [-0.39, 0.29) is 30.3 Å². The van der Waals surface area contributed by atoms with Crippen molar-refractivity contribution in [3.8, 4) is 17.3 Å². The fraction of sp³-hybridized carbons (Fsp3) is 0.308. The molecule has 0 fully saturated rings. The third kappa shape index (κ3) is 6.18. The normalized spacial score (nSPS) is 11.2. The van der Waals surface area contributed by atoms with Gasteiger partial charge in [-0.05, 0) is 50.5 Å². The molecule has 0 spiro atoms. The number of ether oxygens (including phenoxy) is 3. The van der Waals surface area contributed by atoms with Crippen LogP contribution in [0.15, 0.2) is 29.8 Å². The Kier molecular flexibility index (Phi) is 9.36. The van der Waals surface area contributed by atoms with Gasteiger partial charge < -0.3 is 19.5 Å². The molecule has 0 saturated carbocycles. The van der Waals surface area contributed by atoms with Gasteiger partial charge in [0.05, 0.1) is 24.5 Å². The lowest BCUT2D eigenvalue weighted by molar-refractivity contribution is 0.0393. The number of nitrogens with one attached hydrogen (secondary N) is 1. The minimum atomic E-state index is -0.567. The first-order chi connectivity index (χ1) is 17.3. The van der Waals surface area contributed by atoms with Gasteiger partial charge in [0.2, 0.25) is 0 Å². The molecule has 10 heteroatoms. The first kappa shape index (κ1) is 27.1. The summed E-state index contributed by atoms with van der Waals surface area (Å²) in [6, 6.07) is 8.26. The Labute approximate surface area is 218 Å². The van der Waals surface area contributed by atoms with Gasteiger partial charge in [-0.15, -0.1) is 22.7 Å². The molecule has 0 aliphatic heterocycles. The first-order valence-electron chi connectivity index (χ1n) is 11.2. The number of carbonyl (C=O) groups excluding carboxylic acids is 2. The molecule has 0 bridgehead atoms. The van der Waals surface area contributed by atoms with Crippen molar-refractivity contribution in [1.82, 2.24) is 4.98 Å². The summed E-state index contributed by atoms with van der Waals surface area (Å²) in [5.74, 6) is -1.13. The van der Waals surface area contributed by atoms with E-state index < -0.39 is 11.9 Å². The number of methoxy groups -OCH3 is 1. The highest BCUT2D eigenvalue weighted by Gasteiger charge is 2.26. The van der Waals surface area contributed by atoms with E-state index in [2.05, 4.69) is 29.4 Å². The first-order valence-corrected chi connectivity index (χ1v) is 12.9. The highest BCUT2D eigenvalue weighted by Crippen LogP contribution is 2.35. The smallest absolute Gasteiger partial charge is 0.348 e. The predicted molar refractivity (Wildman–Crippen MR) is 141 cm³/mol. The van der Waals surface area contributed by atoms with E-state index in [1.807, 2.05) is 24.4 Å². The number of benzene rings is 1. The molecule has 36 heavy (non-hydrogen) atoms. The van der Waals surface area contributed by atoms with Crippen molar-refractivity contribution in [3.63, 3.8) is 0 Å². The van der Waals surface area contributed by atoms with E-state index in [1.165, 1.54) is 30.2 Å². The molecule has 1 aromatic carbocycles. The van der Waals surface area contributed by atoms with Gasteiger partial charge in [0.15, 0.2) is 0 Å². The van der Waals surface area contributed by atoms with Crippen molar-refractivity contribution in [2.24, 2.45) is 0 Å². The van der Waals surface area contributed by atoms with Crippen LogP contribution in [0, 0.1) is 32.1 Å². The molecule has 3 aromatic rings. The van der Waals surface area contributed by atoms with E-state index in [4.69, 9.17) is 14.2 Å². The number of nitrogens with zero attached hydrogens (tertiary/aromatic N) is 2. The minimum Gasteiger partial charge on any atom is -0.462 e. The van der Waals surface area contributed by atoms with Crippen molar-refractivity contribution in [3.05, 3.63) is 61.9 Å². The van der Waals surface area contributed by atoms with Gasteiger partial charge in [-0.2, -0.15) is 5.26 Å². The second kappa shape index (κ2) is 12.4. The topological polar surface area (TPSA) is 111 Å². The third-order valence-electron chi connectivity index (χ3n) is 5.34. The molecule has 1 N–H and O–H groups in total. The van der Waals surface area contributed by atoms with Crippen molar-refractivity contribution in [1.29, 1.82) is 5.26 Å². The standard InChI is InChI=1S/C26H27N3O5S2/c1-6-33-25(30)21-17(4)22(26(31)34-10-9-32-5)36-24(21)28-13-19(12-27)23-29-20(14-35-23)18-8-7-15(2)16(3)11-18/h7-8,11,13-14,28H,6,9-10H2,1-5H3/b19-13-. The number of carbonyl (C=O) groups is 2. The number of allylic oxidation sites excluding steroid dienone is 1. The molecule has 0 aliphatic rings. The number of hydrogen-bond acceptors (Lipinski definition) is 10. The van der Waals surface area contributed by atoms with Gasteiger partial charge in [0.25, 0.3) is 0 Å². The predicted octanol–water partition coefficient (Wildman–Crippen LogP) is 5.75. The van der Waals surface area contributed by atoms with Gasteiger partial charge in [0, 0.05) is 24.3 Å². The maximum absolute atomic E-state index is 12.7. The van der Waals surface area contributed by atoms with Crippen LogP contribution in [-0.4, -0.2) is 43.9 Å². The average molecular weight is 526 g/mol. The number of thiophene rings is 1. The average Bonchev–Trinajstić information content (AvgIpc) is 3.47. The van der Waals surface area contributed by atoms with E-state index in [0.717, 1.165) is 28.2 Å². The minimum absolute atomic E-state index is 0.0928. The van der Waals surface area contributed by atoms with Gasteiger partial charge >= 0.3 is 11.9 Å². The molecule has 2 aromatic heterocycles. The fourth-order valence-electron chi connectivity index (χ4n) is 3.25. The summed E-state index contributed by atoms with van der Waals surface area (Å²) < 4.78 is 15.3. The zero-order valence-electron chi connectivity index (χ0n) is 20.8. The summed E-state index contributed by atoms with van der Waals surface area (Å²) in [5.41, 5.74) is 5.07. The summed E-state index contributed by atoms with van der Waals surface area (Å²) in [4.78, 5) is 30.1. The van der Waals surface area contributed by atoms with Crippen LogP contribution in [0.25, 0.3) is 16.8 Å². The largest absolute Gasteiger partial charge is 0.462 e. The van der Waals surface area contributed by atoms with Gasteiger partial charge in [0.1, 0.15) is 33.1 Å². The number of aromatic nitrogens is 1. The van der Waals surface area contributed by atoms with Gasteiger partial charge in [-0.1, -0.05) is 12.1 Å². The van der Waals surface area contributed by atoms with Crippen molar-refractivity contribution >= 4 is 45.2 Å². The number of nitriles is 1. The number of rotatable bonds is 10. The van der Waals surface area contributed by atoms with E-state index in [9.17, 15) is 14.9 Å². The lowest BCUT2D eigenvalue weighted by Crippen LogP contribution is -2.11. The van der Waals surface area contributed by atoms with Crippen LogP contribution in [0.2, 0.25) is 0 Å². The molecule has 0 atom stereocenters. The Hall–Kier alpha value is -3.52. The summed E-state index contributed by atoms with van der Waals surface area (Å²) in [6.07, 6.45) is 1.48. The molecule has 0 aliphatic carbocycles. The maximum Gasteiger partial charge on any atom is 0.348 e. The van der Waals surface area contributed by atoms with Crippen molar-refractivity contribution < 1.29 is 23.8 Å². The SMILES string of the molecule is CCOC(=O)c1c(N/C=C(/C#N)c2nc(-c3ccc(C)c(C)c3)cs2)sc(C(=O)OCCOC)c1C. The number of anilines is 1. The molecular formula is C26H27N3O5S2. The van der Waals surface area contributed by atoms with Gasteiger partial charge in [-0.25, -0.2) is 14.6 Å². The molecule has 0 radical (unpaired) electrons. The molecule has 188 valence electrons. The molecule has 0 unspecified atom stereocenters. The van der Waals surface area contributed by atoms with Crippen molar-refractivity contribution in [2.75, 3.05) is 32.2 Å². The molecule has 8 nitrogen and oxygen atoms in total. The van der Waals surface area contributed by atoms with E-state index in [0.29, 0.717) is 21.1 Å². The number of thiazole rings is 1. The second-order valence-electron chi connectivity index (χ2n) is 7.76.